The Hall–Kier alpha value is -3.65. The summed E-state index contributed by atoms with van der Waals surface area (Å²) in [5, 5.41) is 11.8. The third-order valence-corrected chi connectivity index (χ3v) is 6.95. The van der Waals surface area contributed by atoms with Gasteiger partial charge in [-0.1, -0.05) is 31.2 Å². The summed E-state index contributed by atoms with van der Waals surface area (Å²) in [5.74, 6) is -1.06. The van der Waals surface area contributed by atoms with Gasteiger partial charge in [0, 0.05) is 19.8 Å². The van der Waals surface area contributed by atoms with Crippen LogP contribution in [0.15, 0.2) is 59.9 Å². The molecule has 1 aliphatic rings. The molecule has 35 heavy (non-hydrogen) atoms. The highest BCUT2D eigenvalue weighted by Crippen LogP contribution is 2.45. The van der Waals surface area contributed by atoms with Crippen molar-refractivity contribution in [3.05, 3.63) is 81.0 Å². The Kier molecular flexibility index (Phi) is 6.93. The molecule has 1 atom stereocenters. The molecule has 0 fully saturated rings. The van der Waals surface area contributed by atoms with E-state index < -0.39 is 23.5 Å². The van der Waals surface area contributed by atoms with Crippen molar-refractivity contribution >= 4 is 34.4 Å². The molecule has 182 valence electrons. The Morgan fingerprint density at radius 1 is 1.14 bits per heavy atom. The fourth-order valence-corrected chi connectivity index (χ4v) is 5.08. The average molecular weight is 492 g/mol. The Bertz CT molecular complexity index is 1290. The van der Waals surface area contributed by atoms with Crippen LogP contribution in [0.3, 0.4) is 0 Å². The lowest BCUT2D eigenvalue weighted by Gasteiger charge is -2.28. The van der Waals surface area contributed by atoms with Crippen LogP contribution >= 0.6 is 11.3 Å². The van der Waals surface area contributed by atoms with E-state index in [9.17, 15) is 14.7 Å². The van der Waals surface area contributed by atoms with Crippen molar-refractivity contribution < 1.29 is 19.4 Å². The predicted molar refractivity (Wildman–Crippen MR) is 139 cm³/mol. The monoisotopic (exact) mass is 491 g/mol. The van der Waals surface area contributed by atoms with Gasteiger partial charge < -0.3 is 14.7 Å². The maximum absolute atomic E-state index is 13.8. The van der Waals surface area contributed by atoms with Gasteiger partial charge in [-0.3, -0.25) is 14.5 Å². The number of thiazole rings is 1. The first-order valence-corrected chi connectivity index (χ1v) is 12.3. The van der Waals surface area contributed by atoms with E-state index in [-0.39, 0.29) is 5.57 Å². The number of benzene rings is 2. The van der Waals surface area contributed by atoms with E-state index in [1.54, 1.807) is 25.1 Å². The summed E-state index contributed by atoms with van der Waals surface area (Å²) in [6.45, 7) is 6.07. The van der Waals surface area contributed by atoms with Crippen LogP contribution < -0.4 is 14.5 Å². The lowest BCUT2D eigenvalue weighted by Crippen LogP contribution is -2.31. The van der Waals surface area contributed by atoms with Crippen LogP contribution in [0.5, 0.6) is 5.75 Å². The molecule has 2 heterocycles. The van der Waals surface area contributed by atoms with Gasteiger partial charge in [-0.15, -0.1) is 11.3 Å². The number of anilines is 2. The summed E-state index contributed by atoms with van der Waals surface area (Å²) in [6.07, 6.45) is 0.801. The third kappa shape index (κ3) is 4.53. The highest BCUT2D eigenvalue weighted by atomic mass is 32.1. The predicted octanol–water partition coefficient (Wildman–Crippen LogP) is 5.40. The topological polar surface area (TPSA) is 83.0 Å². The van der Waals surface area contributed by atoms with E-state index in [1.807, 2.05) is 63.2 Å². The number of aromatic nitrogens is 1. The zero-order valence-electron chi connectivity index (χ0n) is 20.5. The van der Waals surface area contributed by atoms with Gasteiger partial charge in [0.05, 0.1) is 39.5 Å². The lowest BCUT2D eigenvalue weighted by molar-refractivity contribution is -0.117. The average Bonchev–Trinajstić information content (AvgIpc) is 3.32. The minimum Gasteiger partial charge on any atom is -0.503 e. The summed E-state index contributed by atoms with van der Waals surface area (Å²) in [6, 6.07) is 14.0. The van der Waals surface area contributed by atoms with Crippen LogP contribution in [-0.4, -0.2) is 42.5 Å². The molecule has 1 aromatic heterocycles. The number of Topliss-reactive ketones (excluding diaryl/α,β-unsaturated/α-hetero) is 1. The van der Waals surface area contributed by atoms with E-state index in [4.69, 9.17) is 4.74 Å². The number of carbonyl (C=O) groups is 2. The molecule has 1 aliphatic heterocycles. The van der Waals surface area contributed by atoms with Crippen LogP contribution in [0.4, 0.5) is 11.4 Å². The standard InChI is InChI=1S/C27H29N3O4S/c1-6-15-34-21-10-8-7-9-20(21)30-23(18-11-13-19(14-12-18)29(4)5)22(25(32)27(30)33)24(31)26-16(2)28-17(3)35-26/h7-14,23,32H,6,15H2,1-5H3. The number of amides is 1. The molecule has 0 saturated carbocycles. The number of aliphatic hydroxyl groups excluding tert-OH is 1. The molecule has 7 nitrogen and oxygen atoms in total. The van der Waals surface area contributed by atoms with E-state index in [2.05, 4.69) is 4.98 Å². The minimum absolute atomic E-state index is 0.0460. The van der Waals surface area contributed by atoms with Gasteiger partial charge in [-0.2, -0.15) is 0 Å². The second kappa shape index (κ2) is 9.92. The maximum atomic E-state index is 13.8. The van der Waals surface area contributed by atoms with Crippen LogP contribution in [0.2, 0.25) is 0 Å². The van der Waals surface area contributed by atoms with Gasteiger partial charge in [0.1, 0.15) is 5.75 Å². The van der Waals surface area contributed by atoms with Gasteiger partial charge in [0.15, 0.2) is 5.76 Å². The van der Waals surface area contributed by atoms with E-state index in [0.717, 1.165) is 17.1 Å². The van der Waals surface area contributed by atoms with Crippen molar-refractivity contribution in [2.75, 3.05) is 30.5 Å². The Labute approximate surface area is 209 Å². The molecular formula is C27H29N3O4S. The molecule has 4 rings (SSSR count). The fraction of sp³-hybridized carbons (Fsp3) is 0.296. The smallest absolute Gasteiger partial charge is 0.294 e. The van der Waals surface area contributed by atoms with Gasteiger partial charge in [0.25, 0.3) is 5.91 Å². The van der Waals surface area contributed by atoms with Gasteiger partial charge in [-0.05, 0) is 50.1 Å². The second-order valence-electron chi connectivity index (χ2n) is 8.62. The Balaban J connectivity index is 1.88. The molecule has 0 bridgehead atoms. The number of ketones is 1. The number of hydrogen-bond donors (Lipinski definition) is 1. The Morgan fingerprint density at radius 2 is 1.83 bits per heavy atom. The lowest BCUT2D eigenvalue weighted by atomic mass is 9.94. The number of aliphatic hydroxyl groups is 1. The highest BCUT2D eigenvalue weighted by Gasteiger charge is 2.46. The van der Waals surface area contributed by atoms with Crippen molar-refractivity contribution in [2.24, 2.45) is 0 Å². The molecule has 1 unspecified atom stereocenters. The van der Waals surface area contributed by atoms with Crippen molar-refractivity contribution in [3.63, 3.8) is 0 Å². The minimum atomic E-state index is -0.820. The summed E-state index contributed by atoms with van der Waals surface area (Å²) in [7, 11) is 3.88. The maximum Gasteiger partial charge on any atom is 0.294 e. The van der Waals surface area contributed by atoms with Gasteiger partial charge in [-0.25, -0.2) is 4.98 Å². The molecular weight excluding hydrogens is 462 g/mol. The van der Waals surface area contributed by atoms with Crippen LogP contribution in [-0.2, 0) is 4.79 Å². The van der Waals surface area contributed by atoms with Crippen molar-refractivity contribution in [3.8, 4) is 5.75 Å². The molecule has 3 aromatic rings. The Morgan fingerprint density at radius 3 is 2.43 bits per heavy atom. The number of carbonyl (C=O) groups excluding carboxylic acids is 2. The molecule has 2 aromatic carbocycles. The van der Waals surface area contributed by atoms with E-state index >= 15 is 0 Å². The molecule has 0 radical (unpaired) electrons. The largest absolute Gasteiger partial charge is 0.503 e. The van der Waals surface area contributed by atoms with E-state index in [1.165, 1.54) is 16.2 Å². The van der Waals surface area contributed by atoms with Crippen LogP contribution in [0.25, 0.3) is 0 Å². The molecule has 0 spiro atoms. The van der Waals surface area contributed by atoms with Crippen molar-refractivity contribution in [1.82, 2.24) is 4.98 Å². The SMILES string of the molecule is CCCOc1ccccc1N1C(=O)C(O)=C(C(=O)c2sc(C)nc2C)C1c1ccc(N(C)C)cc1. The molecule has 1 amide bonds. The number of aryl methyl sites for hydroxylation is 2. The normalized spacial score (nSPS) is 15.6. The van der Waals surface area contributed by atoms with Gasteiger partial charge >= 0.3 is 0 Å². The quantitative estimate of drug-likeness (QED) is 0.425. The van der Waals surface area contributed by atoms with Crippen molar-refractivity contribution in [2.45, 2.75) is 33.2 Å². The number of hydrogen-bond acceptors (Lipinski definition) is 7. The first kappa shape index (κ1) is 24.5. The fourth-order valence-electron chi connectivity index (χ4n) is 4.21. The molecule has 1 N–H and O–H groups in total. The summed E-state index contributed by atoms with van der Waals surface area (Å²) < 4.78 is 5.93. The summed E-state index contributed by atoms with van der Waals surface area (Å²) in [5.41, 5.74) is 2.81. The van der Waals surface area contributed by atoms with E-state index in [0.29, 0.717) is 34.2 Å². The van der Waals surface area contributed by atoms with Crippen molar-refractivity contribution in [1.29, 1.82) is 0 Å². The number of nitrogens with zero attached hydrogens (tertiary/aromatic N) is 3. The number of rotatable bonds is 8. The molecule has 8 heteroatoms. The second-order valence-corrected chi connectivity index (χ2v) is 9.82. The number of ether oxygens (including phenoxy) is 1. The van der Waals surface area contributed by atoms with Crippen LogP contribution in [0, 0.1) is 13.8 Å². The van der Waals surface area contributed by atoms with Crippen LogP contribution in [0.1, 0.15) is 45.3 Å². The molecule has 0 aliphatic carbocycles. The zero-order valence-corrected chi connectivity index (χ0v) is 21.3. The highest BCUT2D eigenvalue weighted by molar-refractivity contribution is 7.14. The van der Waals surface area contributed by atoms with Gasteiger partial charge in [0.2, 0.25) is 5.78 Å². The third-order valence-electron chi connectivity index (χ3n) is 5.87. The first-order valence-electron chi connectivity index (χ1n) is 11.5. The summed E-state index contributed by atoms with van der Waals surface area (Å²) in [4.78, 5) is 35.5. The summed E-state index contributed by atoms with van der Waals surface area (Å²) >= 11 is 1.26. The molecule has 0 saturated heterocycles. The number of para-hydroxylation sites is 2. The first-order chi connectivity index (χ1) is 16.7. The zero-order chi connectivity index (χ0) is 25.3.